The van der Waals surface area contributed by atoms with Gasteiger partial charge in [-0.05, 0) is 27.2 Å². The number of hydroxylamine groups is 1. The molecular weight excluding hydrogens is 266 g/mol. The van der Waals surface area contributed by atoms with Gasteiger partial charge in [-0.3, -0.25) is 14.8 Å². The normalized spacial score (nSPS) is 21.3. The monoisotopic (exact) mass is 287 g/mol. The van der Waals surface area contributed by atoms with Crippen LogP contribution in [0, 0.1) is 5.92 Å². The molecule has 8 heteroatoms. The number of hydrogen-bond acceptors (Lipinski definition) is 5. The summed E-state index contributed by atoms with van der Waals surface area (Å²) in [6.45, 7) is 5.79. The Morgan fingerprint density at radius 1 is 1.50 bits per heavy atom. The molecule has 0 aliphatic carbocycles. The predicted octanol–water partition coefficient (Wildman–Crippen LogP) is -0.137. The van der Waals surface area contributed by atoms with Crippen molar-refractivity contribution < 1.29 is 24.3 Å². The van der Waals surface area contributed by atoms with E-state index >= 15 is 0 Å². The first-order valence-electron chi connectivity index (χ1n) is 6.61. The fourth-order valence-electron chi connectivity index (χ4n) is 2.22. The quantitative estimate of drug-likeness (QED) is 0.482. The van der Waals surface area contributed by atoms with Crippen molar-refractivity contribution in [3.05, 3.63) is 0 Å². The van der Waals surface area contributed by atoms with Gasteiger partial charge in [-0.25, -0.2) is 10.3 Å². The summed E-state index contributed by atoms with van der Waals surface area (Å²) in [5.74, 6) is -1.36. The van der Waals surface area contributed by atoms with Crippen molar-refractivity contribution in [1.82, 2.24) is 15.7 Å². The molecule has 0 spiro atoms. The summed E-state index contributed by atoms with van der Waals surface area (Å²) in [5, 5.41) is 11.1. The van der Waals surface area contributed by atoms with Crippen LogP contribution in [0.25, 0.3) is 0 Å². The van der Waals surface area contributed by atoms with Gasteiger partial charge in [-0.1, -0.05) is 0 Å². The van der Waals surface area contributed by atoms with Crippen molar-refractivity contribution in [1.29, 1.82) is 0 Å². The van der Waals surface area contributed by atoms with Crippen molar-refractivity contribution in [2.75, 3.05) is 13.1 Å². The van der Waals surface area contributed by atoms with Crippen LogP contribution in [0.5, 0.6) is 0 Å². The van der Waals surface area contributed by atoms with Gasteiger partial charge in [0.25, 0.3) is 5.91 Å². The van der Waals surface area contributed by atoms with Gasteiger partial charge >= 0.3 is 6.09 Å². The minimum Gasteiger partial charge on any atom is -0.446 e. The topological polar surface area (TPSA) is 108 Å². The van der Waals surface area contributed by atoms with E-state index in [1.54, 1.807) is 13.8 Å². The van der Waals surface area contributed by atoms with E-state index in [-0.39, 0.29) is 5.91 Å². The summed E-state index contributed by atoms with van der Waals surface area (Å²) >= 11 is 0. The van der Waals surface area contributed by atoms with Crippen LogP contribution < -0.4 is 10.8 Å². The van der Waals surface area contributed by atoms with E-state index in [9.17, 15) is 14.4 Å². The third kappa shape index (κ3) is 3.60. The number of amides is 3. The molecule has 1 aliphatic rings. The summed E-state index contributed by atoms with van der Waals surface area (Å²) in [6.07, 6.45) is -0.626. The molecule has 8 nitrogen and oxygen atoms in total. The zero-order chi connectivity index (χ0) is 15.3. The Bertz CT molecular complexity index is 387. The molecule has 1 rings (SSSR count). The van der Waals surface area contributed by atoms with E-state index in [0.29, 0.717) is 19.5 Å². The second kappa shape index (κ2) is 7.09. The first-order chi connectivity index (χ1) is 9.42. The Labute approximate surface area is 117 Å². The largest absolute Gasteiger partial charge is 0.446 e. The lowest BCUT2D eigenvalue weighted by Crippen LogP contribution is -2.46. The van der Waals surface area contributed by atoms with Gasteiger partial charge in [0.15, 0.2) is 0 Å². The molecule has 1 heterocycles. The number of ether oxygens (including phenoxy) is 1. The number of hydrogen-bond donors (Lipinski definition) is 3. The lowest BCUT2D eigenvalue weighted by atomic mass is 10.0. The molecule has 0 saturated carbocycles. The highest BCUT2D eigenvalue weighted by Gasteiger charge is 2.40. The van der Waals surface area contributed by atoms with E-state index in [1.165, 1.54) is 17.3 Å². The smallest absolute Gasteiger partial charge is 0.407 e. The molecule has 0 radical (unpaired) electrons. The standard InChI is InChI=1S/C12H21N3O5/c1-4-13-12(18)20-8(3)9-5-6-15(11(9)17)7(2)10(16)14-19/h7-9,19H,4-6H2,1-3H3,(H,13,18)(H,14,16). The molecule has 3 atom stereocenters. The van der Waals surface area contributed by atoms with Gasteiger partial charge in [-0.15, -0.1) is 0 Å². The van der Waals surface area contributed by atoms with E-state index < -0.39 is 30.1 Å². The average molecular weight is 287 g/mol. The maximum atomic E-state index is 12.2. The lowest BCUT2D eigenvalue weighted by molar-refractivity contribution is -0.143. The van der Waals surface area contributed by atoms with Gasteiger partial charge in [0.05, 0.1) is 5.92 Å². The Morgan fingerprint density at radius 2 is 2.15 bits per heavy atom. The molecular formula is C12H21N3O5. The second-order valence-corrected chi connectivity index (χ2v) is 4.72. The first-order valence-corrected chi connectivity index (χ1v) is 6.61. The molecule has 0 aromatic heterocycles. The van der Waals surface area contributed by atoms with Gasteiger partial charge in [0.1, 0.15) is 12.1 Å². The Kier molecular flexibility index (Phi) is 5.75. The van der Waals surface area contributed by atoms with Crippen LogP contribution in [0.3, 0.4) is 0 Å². The molecule has 3 N–H and O–H groups in total. The third-order valence-electron chi connectivity index (χ3n) is 3.42. The maximum absolute atomic E-state index is 12.2. The summed E-state index contributed by atoms with van der Waals surface area (Å²) in [4.78, 5) is 36.2. The molecule has 0 aromatic rings. The zero-order valence-corrected chi connectivity index (χ0v) is 11.9. The first kappa shape index (κ1) is 16.2. The van der Waals surface area contributed by atoms with E-state index in [0.717, 1.165) is 0 Å². The minimum atomic E-state index is -0.755. The third-order valence-corrected chi connectivity index (χ3v) is 3.42. The Hall–Kier alpha value is -1.83. The molecule has 0 bridgehead atoms. The van der Waals surface area contributed by atoms with Crippen molar-refractivity contribution in [2.24, 2.45) is 5.92 Å². The average Bonchev–Trinajstić information content (AvgIpc) is 2.79. The second-order valence-electron chi connectivity index (χ2n) is 4.72. The maximum Gasteiger partial charge on any atom is 0.407 e. The van der Waals surface area contributed by atoms with Crippen LogP contribution in [0.1, 0.15) is 27.2 Å². The van der Waals surface area contributed by atoms with Crippen LogP contribution >= 0.6 is 0 Å². The summed E-state index contributed by atoms with van der Waals surface area (Å²) < 4.78 is 5.11. The minimum absolute atomic E-state index is 0.252. The number of nitrogens with zero attached hydrogens (tertiary/aromatic N) is 1. The molecule has 20 heavy (non-hydrogen) atoms. The Morgan fingerprint density at radius 3 is 2.70 bits per heavy atom. The number of carbonyl (C=O) groups is 3. The molecule has 1 aliphatic heterocycles. The van der Waals surface area contributed by atoms with Crippen molar-refractivity contribution in [2.45, 2.75) is 39.3 Å². The fourth-order valence-corrected chi connectivity index (χ4v) is 2.22. The number of alkyl carbamates (subject to hydrolysis) is 1. The number of likely N-dealkylation sites (tertiary alicyclic amines) is 1. The fraction of sp³-hybridized carbons (Fsp3) is 0.750. The van der Waals surface area contributed by atoms with E-state index in [2.05, 4.69) is 5.32 Å². The SMILES string of the molecule is CCNC(=O)OC(C)C1CCN(C(C)C(=O)NO)C1=O. The molecule has 0 aromatic carbocycles. The zero-order valence-electron chi connectivity index (χ0n) is 11.9. The Balaban J connectivity index is 2.61. The molecule has 3 unspecified atom stereocenters. The van der Waals surface area contributed by atoms with Gasteiger partial charge < -0.3 is 15.0 Å². The van der Waals surface area contributed by atoms with E-state index in [4.69, 9.17) is 9.94 Å². The van der Waals surface area contributed by atoms with Crippen LogP contribution in [-0.2, 0) is 14.3 Å². The van der Waals surface area contributed by atoms with Gasteiger partial charge in [-0.2, -0.15) is 0 Å². The summed E-state index contributed by atoms with van der Waals surface area (Å²) in [7, 11) is 0. The lowest BCUT2D eigenvalue weighted by Gasteiger charge is -2.24. The van der Waals surface area contributed by atoms with Crippen LogP contribution in [-0.4, -0.2) is 53.3 Å². The van der Waals surface area contributed by atoms with Crippen LogP contribution in [0.2, 0.25) is 0 Å². The highest BCUT2D eigenvalue weighted by atomic mass is 16.6. The molecule has 3 amide bonds. The van der Waals surface area contributed by atoms with Crippen LogP contribution in [0.4, 0.5) is 4.79 Å². The number of nitrogens with one attached hydrogen (secondary N) is 2. The molecule has 114 valence electrons. The van der Waals surface area contributed by atoms with Gasteiger partial charge in [0.2, 0.25) is 5.91 Å². The highest BCUT2D eigenvalue weighted by molar-refractivity contribution is 5.89. The van der Waals surface area contributed by atoms with Crippen LogP contribution in [0.15, 0.2) is 0 Å². The van der Waals surface area contributed by atoms with Crippen molar-refractivity contribution in [3.63, 3.8) is 0 Å². The number of rotatable bonds is 5. The van der Waals surface area contributed by atoms with Gasteiger partial charge in [0, 0.05) is 13.1 Å². The molecule has 1 saturated heterocycles. The summed E-state index contributed by atoms with van der Waals surface area (Å²) in [5.41, 5.74) is 1.53. The van der Waals surface area contributed by atoms with E-state index in [1.807, 2.05) is 0 Å². The predicted molar refractivity (Wildman–Crippen MR) is 68.8 cm³/mol. The highest BCUT2D eigenvalue weighted by Crippen LogP contribution is 2.25. The molecule has 1 fully saturated rings. The number of carbonyl (C=O) groups excluding carboxylic acids is 3. The van der Waals surface area contributed by atoms with Crippen molar-refractivity contribution in [3.8, 4) is 0 Å². The summed E-state index contributed by atoms with van der Waals surface area (Å²) in [6, 6.07) is -0.755. The van der Waals surface area contributed by atoms with Crippen molar-refractivity contribution >= 4 is 17.9 Å².